The van der Waals surface area contributed by atoms with E-state index in [0.717, 1.165) is 12.8 Å². The van der Waals surface area contributed by atoms with Crippen molar-refractivity contribution in [2.45, 2.75) is 44.7 Å². The van der Waals surface area contributed by atoms with Gasteiger partial charge in [0.25, 0.3) is 0 Å². The van der Waals surface area contributed by atoms with Crippen molar-refractivity contribution < 1.29 is 14.3 Å². The second-order valence-corrected chi connectivity index (χ2v) is 9.49. The molecule has 0 aromatic carbocycles. The van der Waals surface area contributed by atoms with Gasteiger partial charge in [-0.15, -0.1) is 0 Å². The van der Waals surface area contributed by atoms with Gasteiger partial charge in [-0.2, -0.15) is 10.4 Å². The number of methoxy groups -OCH3 is 1. The van der Waals surface area contributed by atoms with E-state index in [0.29, 0.717) is 52.3 Å². The number of ether oxygens (including phenoxy) is 2. The molecular weight excluding hydrogens is 550 g/mol. The molecule has 4 aromatic heterocycles. The van der Waals surface area contributed by atoms with Crippen molar-refractivity contribution >= 4 is 29.5 Å². The minimum absolute atomic E-state index is 0.0502. The minimum Gasteiger partial charge on any atom is -0.467 e. The van der Waals surface area contributed by atoms with Crippen molar-refractivity contribution in [3.8, 4) is 34.7 Å². The predicted molar refractivity (Wildman–Crippen MR) is 148 cm³/mol. The smallest absolute Gasteiger partial charge is 0.415 e. The highest BCUT2D eigenvalue weighted by atomic mass is 35.5. The summed E-state index contributed by atoms with van der Waals surface area (Å²) in [5.41, 5.74) is 2.23. The van der Waals surface area contributed by atoms with Gasteiger partial charge >= 0.3 is 12.1 Å². The molecule has 1 aliphatic carbocycles. The fraction of sp³-hybridized carbons (Fsp3) is 0.346. The Bertz CT molecular complexity index is 1530. The molecule has 5 rings (SSSR count). The summed E-state index contributed by atoms with van der Waals surface area (Å²) in [5, 5.41) is 20.0. The van der Waals surface area contributed by atoms with Crippen LogP contribution in [0.15, 0.2) is 37.2 Å². The number of rotatable bonds is 8. The SMILES string of the molecule is CCOC(=O)N(c1cnc(-c2cnc(OC)nc2)cn1)[C@H]1CC[C@H](Nc2ncc(C#N)c(-c3n[nH]cc3Cl)n2)CC1. The number of hydrogen-bond donors (Lipinski definition) is 2. The molecule has 41 heavy (non-hydrogen) atoms. The molecule has 1 aliphatic rings. The molecule has 1 amide bonds. The Morgan fingerprint density at radius 3 is 2.49 bits per heavy atom. The number of carbonyl (C=O) groups is 1. The van der Waals surface area contributed by atoms with Crippen LogP contribution in [0.2, 0.25) is 5.02 Å². The quantitative estimate of drug-likeness (QED) is 0.308. The van der Waals surface area contributed by atoms with Crippen LogP contribution in [0.25, 0.3) is 22.6 Å². The Hall–Kier alpha value is -4.90. The maximum atomic E-state index is 13.0. The zero-order valence-corrected chi connectivity index (χ0v) is 23.0. The predicted octanol–water partition coefficient (Wildman–Crippen LogP) is 4.03. The van der Waals surface area contributed by atoms with E-state index in [1.54, 1.807) is 36.6 Å². The van der Waals surface area contributed by atoms with Crippen molar-refractivity contribution in [2.75, 3.05) is 23.9 Å². The second kappa shape index (κ2) is 12.5. The first-order valence-electron chi connectivity index (χ1n) is 12.9. The number of aromatic nitrogens is 8. The molecule has 0 bridgehead atoms. The van der Waals surface area contributed by atoms with Crippen LogP contribution in [-0.4, -0.2) is 72.0 Å². The molecule has 1 fully saturated rings. The van der Waals surface area contributed by atoms with Crippen LogP contribution < -0.4 is 15.0 Å². The summed E-state index contributed by atoms with van der Waals surface area (Å²) in [4.78, 5) is 40.6. The molecule has 2 N–H and O–H groups in total. The van der Waals surface area contributed by atoms with Gasteiger partial charge in [-0.25, -0.2) is 29.7 Å². The molecule has 4 heterocycles. The number of nitriles is 1. The average molecular weight is 576 g/mol. The van der Waals surface area contributed by atoms with Crippen LogP contribution in [0, 0.1) is 11.3 Å². The van der Waals surface area contributed by atoms with Gasteiger partial charge in [0.05, 0.1) is 48.6 Å². The van der Waals surface area contributed by atoms with E-state index < -0.39 is 6.09 Å². The number of halogens is 1. The fourth-order valence-corrected chi connectivity index (χ4v) is 4.77. The third kappa shape index (κ3) is 6.15. The van der Waals surface area contributed by atoms with Crippen LogP contribution in [0.4, 0.5) is 16.6 Å². The van der Waals surface area contributed by atoms with Gasteiger partial charge in [0.2, 0.25) is 5.95 Å². The van der Waals surface area contributed by atoms with Gasteiger partial charge in [-0.3, -0.25) is 15.0 Å². The molecule has 0 radical (unpaired) electrons. The number of nitrogens with one attached hydrogen (secondary N) is 2. The highest BCUT2D eigenvalue weighted by molar-refractivity contribution is 6.32. The number of H-pyrrole nitrogens is 1. The summed E-state index contributed by atoms with van der Waals surface area (Å²) in [7, 11) is 1.49. The van der Waals surface area contributed by atoms with Gasteiger partial charge < -0.3 is 14.8 Å². The van der Waals surface area contributed by atoms with E-state index in [4.69, 9.17) is 21.1 Å². The van der Waals surface area contributed by atoms with E-state index in [1.165, 1.54) is 19.5 Å². The first-order valence-corrected chi connectivity index (χ1v) is 13.3. The molecular formula is C26H26ClN11O3. The number of carbonyl (C=O) groups excluding carboxylic acids is 1. The normalized spacial score (nSPS) is 16.4. The van der Waals surface area contributed by atoms with E-state index in [1.807, 2.05) is 0 Å². The number of aromatic amines is 1. The molecule has 0 spiro atoms. The second-order valence-electron chi connectivity index (χ2n) is 9.09. The van der Waals surface area contributed by atoms with Crippen molar-refractivity contribution in [1.29, 1.82) is 5.26 Å². The third-order valence-corrected chi connectivity index (χ3v) is 6.87. The topological polar surface area (TPSA) is 181 Å². The Morgan fingerprint density at radius 2 is 1.88 bits per heavy atom. The maximum absolute atomic E-state index is 13.0. The molecule has 4 aromatic rings. The summed E-state index contributed by atoms with van der Waals surface area (Å²) in [6.45, 7) is 2.00. The summed E-state index contributed by atoms with van der Waals surface area (Å²) in [6.07, 6.45) is 11.6. The van der Waals surface area contributed by atoms with E-state index >= 15 is 0 Å². The van der Waals surface area contributed by atoms with Crippen LogP contribution in [0.3, 0.4) is 0 Å². The van der Waals surface area contributed by atoms with Crippen molar-refractivity contribution in [3.63, 3.8) is 0 Å². The lowest BCUT2D eigenvalue weighted by Gasteiger charge is -2.35. The molecule has 1 saturated carbocycles. The van der Waals surface area contributed by atoms with Gasteiger partial charge in [0.1, 0.15) is 17.5 Å². The van der Waals surface area contributed by atoms with Crippen LogP contribution >= 0.6 is 11.6 Å². The average Bonchev–Trinajstić information content (AvgIpc) is 3.44. The number of nitrogens with zero attached hydrogens (tertiary/aromatic N) is 9. The zero-order valence-electron chi connectivity index (χ0n) is 22.3. The Labute approximate surface area is 240 Å². The highest BCUT2D eigenvalue weighted by Gasteiger charge is 2.32. The first-order chi connectivity index (χ1) is 20.0. The highest BCUT2D eigenvalue weighted by Crippen LogP contribution is 2.30. The summed E-state index contributed by atoms with van der Waals surface area (Å²) in [6, 6.07) is 2.24. The molecule has 15 heteroatoms. The largest absolute Gasteiger partial charge is 0.467 e. The van der Waals surface area contributed by atoms with Gasteiger partial charge in [-0.05, 0) is 32.6 Å². The summed E-state index contributed by atoms with van der Waals surface area (Å²) >= 11 is 6.20. The molecule has 14 nitrogen and oxygen atoms in total. The lowest BCUT2D eigenvalue weighted by atomic mass is 9.90. The lowest BCUT2D eigenvalue weighted by molar-refractivity contribution is 0.154. The van der Waals surface area contributed by atoms with E-state index in [2.05, 4.69) is 51.5 Å². The standard InChI is InChI=1S/C26H26ClN11O3/c1-3-41-26(39)38(21-14-29-20(13-30-21)16-10-32-25(40-2)33-11-16)18-6-4-17(5-7-18)35-24-31-9-15(8-28)22(36-24)23-19(27)12-34-37-23/h9-14,17-18H,3-7H2,1-2H3,(H,34,37)(H,31,35,36)/t17-,18-. The Morgan fingerprint density at radius 1 is 1.10 bits per heavy atom. The monoisotopic (exact) mass is 575 g/mol. The first kappa shape index (κ1) is 27.7. The molecule has 0 atom stereocenters. The summed E-state index contributed by atoms with van der Waals surface area (Å²) in [5.74, 6) is 0.765. The van der Waals surface area contributed by atoms with Crippen molar-refractivity contribution in [3.05, 3.63) is 47.8 Å². The van der Waals surface area contributed by atoms with Crippen LogP contribution in [-0.2, 0) is 4.74 Å². The van der Waals surface area contributed by atoms with Gasteiger partial charge in [-0.1, -0.05) is 11.6 Å². The van der Waals surface area contributed by atoms with Gasteiger partial charge in [0, 0.05) is 36.2 Å². The lowest BCUT2D eigenvalue weighted by Crippen LogP contribution is -2.45. The molecule has 0 saturated heterocycles. The van der Waals surface area contributed by atoms with E-state index in [-0.39, 0.29) is 30.3 Å². The zero-order chi connectivity index (χ0) is 28.8. The van der Waals surface area contributed by atoms with Crippen molar-refractivity contribution in [1.82, 2.24) is 40.1 Å². The minimum atomic E-state index is -0.477. The maximum Gasteiger partial charge on any atom is 0.415 e. The van der Waals surface area contributed by atoms with Crippen LogP contribution in [0.5, 0.6) is 6.01 Å². The van der Waals surface area contributed by atoms with Gasteiger partial charge in [0.15, 0.2) is 5.82 Å². The van der Waals surface area contributed by atoms with E-state index in [9.17, 15) is 10.1 Å². The Balaban J connectivity index is 1.28. The molecule has 0 aliphatic heterocycles. The molecule has 0 unspecified atom stereocenters. The number of amides is 1. The molecule has 210 valence electrons. The third-order valence-electron chi connectivity index (χ3n) is 6.58. The number of anilines is 2. The fourth-order valence-electron chi connectivity index (χ4n) is 4.59. The van der Waals surface area contributed by atoms with Crippen LogP contribution in [0.1, 0.15) is 38.2 Å². The Kier molecular flexibility index (Phi) is 8.44. The summed E-state index contributed by atoms with van der Waals surface area (Å²) < 4.78 is 10.4. The number of hydrogen-bond acceptors (Lipinski definition) is 12. The van der Waals surface area contributed by atoms with Crippen molar-refractivity contribution in [2.24, 2.45) is 0 Å².